The number of carboxylic acids is 1. The average molecular weight is 507 g/mol. The second kappa shape index (κ2) is 9.34. The van der Waals surface area contributed by atoms with Crippen LogP contribution in [-0.4, -0.2) is 27.3 Å². The van der Waals surface area contributed by atoms with Crippen molar-refractivity contribution < 1.29 is 29.6 Å². The van der Waals surface area contributed by atoms with Gasteiger partial charge in [-0.25, -0.2) is 9.59 Å². The summed E-state index contributed by atoms with van der Waals surface area (Å²) in [5, 5.41) is 31.3. The molecule has 6 nitrogen and oxygen atoms in total. The lowest BCUT2D eigenvalue weighted by Gasteiger charge is -2.12. The summed E-state index contributed by atoms with van der Waals surface area (Å²) in [6.07, 6.45) is 0.186. The third kappa shape index (κ3) is 4.99. The molecule has 0 fully saturated rings. The smallest absolute Gasteiger partial charge is 0.338 e. The topological polar surface area (TPSA) is 104 Å². The first-order valence-corrected chi connectivity index (χ1v) is 10.8. The Morgan fingerprint density at radius 3 is 2.12 bits per heavy atom. The number of carbonyl (C=O) groups excluding carboxylic acids is 1. The molecule has 166 valence electrons. The van der Waals surface area contributed by atoms with Crippen LogP contribution >= 0.6 is 15.9 Å². The number of aromatic carboxylic acids is 1. The van der Waals surface area contributed by atoms with Gasteiger partial charge in [-0.1, -0.05) is 46.3 Å². The van der Waals surface area contributed by atoms with Crippen molar-refractivity contribution in [2.75, 3.05) is 0 Å². The molecule has 33 heavy (non-hydrogen) atoms. The minimum atomic E-state index is -1.03. The first-order valence-electron chi connectivity index (χ1n) is 10.0. The maximum atomic E-state index is 12.6. The van der Waals surface area contributed by atoms with Gasteiger partial charge in [0.25, 0.3) is 0 Å². The lowest BCUT2D eigenvalue weighted by Crippen LogP contribution is -2.05. The van der Waals surface area contributed by atoms with Gasteiger partial charge in [0.2, 0.25) is 0 Å². The van der Waals surface area contributed by atoms with E-state index >= 15 is 0 Å². The standard InChI is InChI=1S/C26H19BrO6/c27-20-9-3-16(4-10-20)14-33-26(32)19-8-7-18-13-23(28)22(24(29)21(18)12-19)11-15-1-5-17(6-2-15)25(30)31/h1-10,12-13,28-29H,11,14H2,(H,30,31). The summed E-state index contributed by atoms with van der Waals surface area (Å²) in [5.41, 5.74) is 2.27. The summed E-state index contributed by atoms with van der Waals surface area (Å²) in [4.78, 5) is 23.6. The number of aromatic hydroxyl groups is 2. The van der Waals surface area contributed by atoms with Gasteiger partial charge in [0.05, 0.1) is 11.1 Å². The Labute approximate surface area is 197 Å². The summed E-state index contributed by atoms with van der Waals surface area (Å²) in [5.74, 6) is -1.79. The summed E-state index contributed by atoms with van der Waals surface area (Å²) >= 11 is 3.36. The van der Waals surface area contributed by atoms with Crippen molar-refractivity contribution in [1.29, 1.82) is 0 Å². The van der Waals surface area contributed by atoms with Gasteiger partial charge in [-0.15, -0.1) is 0 Å². The van der Waals surface area contributed by atoms with Crippen molar-refractivity contribution >= 4 is 38.6 Å². The van der Waals surface area contributed by atoms with Crippen molar-refractivity contribution in [2.24, 2.45) is 0 Å². The molecule has 4 aromatic carbocycles. The van der Waals surface area contributed by atoms with Gasteiger partial charge in [-0.2, -0.15) is 0 Å². The van der Waals surface area contributed by atoms with Crippen LogP contribution in [0.1, 0.15) is 37.4 Å². The molecule has 0 saturated carbocycles. The molecule has 0 aliphatic heterocycles. The number of hydrogen-bond donors (Lipinski definition) is 3. The van der Waals surface area contributed by atoms with Gasteiger partial charge in [-0.3, -0.25) is 0 Å². The Balaban J connectivity index is 1.59. The fourth-order valence-electron chi connectivity index (χ4n) is 3.49. The molecule has 0 aromatic heterocycles. The Kier molecular flexibility index (Phi) is 6.33. The van der Waals surface area contributed by atoms with Crippen molar-refractivity contribution in [3.05, 3.63) is 105 Å². The predicted octanol–water partition coefficient (Wildman–Crippen LogP) is 5.66. The summed E-state index contributed by atoms with van der Waals surface area (Å²) in [6, 6.07) is 19.9. The molecule has 7 heteroatoms. The predicted molar refractivity (Wildman–Crippen MR) is 127 cm³/mol. The van der Waals surface area contributed by atoms with E-state index < -0.39 is 11.9 Å². The molecule has 0 bridgehead atoms. The number of phenolic OH excluding ortho intramolecular Hbond substituents is 2. The van der Waals surface area contributed by atoms with Crippen LogP contribution in [0.5, 0.6) is 11.5 Å². The van der Waals surface area contributed by atoms with Crippen molar-refractivity contribution in [3.8, 4) is 11.5 Å². The van der Waals surface area contributed by atoms with Crippen molar-refractivity contribution in [3.63, 3.8) is 0 Å². The number of carbonyl (C=O) groups is 2. The van der Waals surface area contributed by atoms with E-state index in [0.717, 1.165) is 15.6 Å². The number of halogens is 1. The molecule has 0 aliphatic carbocycles. The molecule has 0 amide bonds. The maximum absolute atomic E-state index is 12.6. The van der Waals surface area contributed by atoms with E-state index in [0.29, 0.717) is 10.8 Å². The average Bonchev–Trinajstić information content (AvgIpc) is 2.81. The second-order valence-corrected chi connectivity index (χ2v) is 8.46. The maximum Gasteiger partial charge on any atom is 0.338 e. The van der Waals surface area contributed by atoms with E-state index in [4.69, 9.17) is 9.84 Å². The molecule has 0 unspecified atom stereocenters. The first-order chi connectivity index (χ1) is 15.8. The molecule has 0 heterocycles. The highest BCUT2D eigenvalue weighted by atomic mass is 79.9. The van der Waals surface area contributed by atoms with E-state index in [-0.39, 0.29) is 41.2 Å². The van der Waals surface area contributed by atoms with Crippen LogP contribution in [0.15, 0.2) is 77.3 Å². The first kappa shape index (κ1) is 22.4. The van der Waals surface area contributed by atoms with Gasteiger partial charge < -0.3 is 20.1 Å². The minimum Gasteiger partial charge on any atom is -0.507 e. The van der Waals surface area contributed by atoms with Crippen molar-refractivity contribution in [2.45, 2.75) is 13.0 Å². The number of ether oxygens (including phenoxy) is 1. The van der Waals surface area contributed by atoms with E-state index in [2.05, 4.69) is 15.9 Å². The third-order valence-corrected chi connectivity index (χ3v) is 5.83. The number of fused-ring (bicyclic) bond motifs is 1. The zero-order valence-corrected chi connectivity index (χ0v) is 18.9. The van der Waals surface area contributed by atoms with Gasteiger partial charge in [0, 0.05) is 21.8 Å². The molecular weight excluding hydrogens is 488 g/mol. The van der Waals surface area contributed by atoms with Crippen LogP contribution in [0, 0.1) is 0 Å². The molecule has 3 N–H and O–H groups in total. The van der Waals surface area contributed by atoms with Crippen LogP contribution in [0.3, 0.4) is 0 Å². The molecule has 4 aromatic rings. The fraction of sp³-hybridized carbons (Fsp3) is 0.0769. The summed E-state index contributed by atoms with van der Waals surface area (Å²) in [6.45, 7) is 0.114. The Bertz CT molecular complexity index is 1340. The molecule has 4 rings (SSSR count). The van der Waals surface area contributed by atoms with Crippen LogP contribution < -0.4 is 0 Å². The third-order valence-electron chi connectivity index (χ3n) is 5.30. The van der Waals surface area contributed by atoms with E-state index in [9.17, 15) is 19.8 Å². The van der Waals surface area contributed by atoms with E-state index in [1.807, 2.05) is 24.3 Å². The molecule has 0 spiro atoms. The number of benzene rings is 4. The number of phenols is 2. The molecule has 0 radical (unpaired) electrons. The SMILES string of the molecule is O=C(O)c1ccc(Cc2c(O)cc3ccc(C(=O)OCc4ccc(Br)cc4)cc3c2O)cc1. The Morgan fingerprint density at radius 1 is 0.818 bits per heavy atom. The molecule has 0 saturated heterocycles. The molecule has 0 atom stereocenters. The highest BCUT2D eigenvalue weighted by Gasteiger charge is 2.16. The quantitative estimate of drug-likeness (QED) is 0.291. The molecule has 0 aliphatic rings. The lowest BCUT2D eigenvalue weighted by atomic mass is 9.97. The fourth-order valence-corrected chi connectivity index (χ4v) is 3.75. The van der Waals surface area contributed by atoms with Gasteiger partial charge in [0.15, 0.2) is 0 Å². The normalized spacial score (nSPS) is 10.8. The van der Waals surface area contributed by atoms with Crippen LogP contribution in [0.25, 0.3) is 10.8 Å². The Hall–Kier alpha value is -3.84. The second-order valence-electron chi connectivity index (χ2n) is 7.54. The summed E-state index contributed by atoms with van der Waals surface area (Å²) < 4.78 is 6.32. The van der Waals surface area contributed by atoms with Gasteiger partial charge in [0.1, 0.15) is 18.1 Å². The molecular formula is C26H19BrO6. The monoisotopic (exact) mass is 506 g/mol. The largest absolute Gasteiger partial charge is 0.507 e. The summed E-state index contributed by atoms with van der Waals surface area (Å²) in [7, 11) is 0. The highest BCUT2D eigenvalue weighted by Crippen LogP contribution is 2.37. The van der Waals surface area contributed by atoms with Gasteiger partial charge in [-0.05, 0) is 59.0 Å². The highest BCUT2D eigenvalue weighted by molar-refractivity contribution is 9.10. The zero-order valence-electron chi connectivity index (χ0n) is 17.3. The Morgan fingerprint density at radius 2 is 1.45 bits per heavy atom. The van der Waals surface area contributed by atoms with Gasteiger partial charge >= 0.3 is 11.9 Å². The lowest BCUT2D eigenvalue weighted by molar-refractivity contribution is 0.0472. The number of esters is 1. The number of rotatable bonds is 6. The van der Waals surface area contributed by atoms with Crippen molar-refractivity contribution in [1.82, 2.24) is 0 Å². The van der Waals surface area contributed by atoms with Crippen LogP contribution in [0.2, 0.25) is 0 Å². The van der Waals surface area contributed by atoms with Crippen LogP contribution in [0.4, 0.5) is 0 Å². The minimum absolute atomic E-state index is 0.0899. The number of hydrogen-bond acceptors (Lipinski definition) is 5. The van der Waals surface area contributed by atoms with E-state index in [1.54, 1.807) is 24.3 Å². The van der Waals surface area contributed by atoms with Crippen LogP contribution in [-0.2, 0) is 17.8 Å². The number of carboxylic acid groups (broad SMARTS) is 1. The van der Waals surface area contributed by atoms with E-state index in [1.165, 1.54) is 24.3 Å². The zero-order chi connectivity index (χ0) is 23.5.